The smallest absolute Gasteiger partial charge is 0.338 e. The first-order valence-corrected chi connectivity index (χ1v) is 9.86. The summed E-state index contributed by atoms with van der Waals surface area (Å²) in [5.41, 5.74) is 0.384. The lowest BCUT2D eigenvalue weighted by Gasteiger charge is -2.36. The van der Waals surface area contributed by atoms with Gasteiger partial charge in [0.1, 0.15) is 17.4 Å². The molecule has 1 atom stereocenters. The van der Waals surface area contributed by atoms with Gasteiger partial charge in [0.25, 0.3) is 0 Å². The van der Waals surface area contributed by atoms with Crippen LogP contribution in [0.1, 0.15) is 35.5 Å². The van der Waals surface area contributed by atoms with Gasteiger partial charge in [0, 0.05) is 32.7 Å². The van der Waals surface area contributed by atoms with Crippen molar-refractivity contribution in [1.82, 2.24) is 19.6 Å². The molecule has 1 saturated heterocycles. The SMILES string of the molecule is Cc1nn(C(C)C(=O)N2CCN(Cc3cccc(C(F)(F)F)c3)CC2)c(C)c1[N+](=O)[O-]. The second kappa shape index (κ2) is 8.66. The van der Waals surface area contributed by atoms with E-state index in [0.29, 0.717) is 44.0 Å². The normalized spacial score (nSPS) is 16.4. The highest BCUT2D eigenvalue weighted by Crippen LogP contribution is 2.30. The number of hydrogen-bond acceptors (Lipinski definition) is 5. The summed E-state index contributed by atoms with van der Waals surface area (Å²) in [5.74, 6) is -0.195. The van der Waals surface area contributed by atoms with Gasteiger partial charge in [0.2, 0.25) is 5.91 Å². The van der Waals surface area contributed by atoms with Gasteiger partial charge < -0.3 is 4.90 Å². The molecule has 0 N–H and O–H groups in total. The molecule has 2 heterocycles. The first-order chi connectivity index (χ1) is 14.5. The van der Waals surface area contributed by atoms with Crippen molar-refractivity contribution in [3.63, 3.8) is 0 Å². The Hall–Kier alpha value is -2.95. The van der Waals surface area contributed by atoms with E-state index in [4.69, 9.17) is 0 Å². The van der Waals surface area contributed by atoms with E-state index in [1.165, 1.54) is 17.7 Å². The van der Waals surface area contributed by atoms with Crippen LogP contribution >= 0.6 is 0 Å². The summed E-state index contributed by atoms with van der Waals surface area (Å²) >= 11 is 0. The lowest BCUT2D eigenvalue weighted by Crippen LogP contribution is -2.50. The van der Waals surface area contributed by atoms with Crippen molar-refractivity contribution in [2.24, 2.45) is 0 Å². The lowest BCUT2D eigenvalue weighted by atomic mass is 10.1. The fourth-order valence-electron chi connectivity index (χ4n) is 3.89. The second-order valence-electron chi connectivity index (χ2n) is 7.70. The molecule has 0 bridgehead atoms. The van der Waals surface area contributed by atoms with Crippen LogP contribution in [0.15, 0.2) is 24.3 Å². The molecule has 0 saturated carbocycles. The van der Waals surface area contributed by atoms with Crippen molar-refractivity contribution >= 4 is 11.6 Å². The summed E-state index contributed by atoms with van der Waals surface area (Å²) in [5, 5.41) is 15.4. The van der Waals surface area contributed by atoms with Gasteiger partial charge in [-0.05, 0) is 32.4 Å². The van der Waals surface area contributed by atoms with Crippen molar-refractivity contribution in [3.05, 3.63) is 56.9 Å². The molecule has 1 unspecified atom stereocenters. The van der Waals surface area contributed by atoms with Crippen LogP contribution in [-0.2, 0) is 17.5 Å². The third kappa shape index (κ3) is 4.87. The standard InChI is InChI=1S/C20H24F3N5O3/c1-13-18(28(30)31)14(2)27(24-13)15(3)19(29)26-9-7-25(8-10-26)12-16-5-4-6-17(11-16)20(21,22)23/h4-6,11,15H,7-10,12H2,1-3H3. The van der Waals surface area contributed by atoms with Crippen LogP contribution in [0.2, 0.25) is 0 Å². The quantitative estimate of drug-likeness (QED) is 0.527. The molecule has 11 heteroatoms. The number of halogens is 3. The van der Waals surface area contributed by atoms with Crippen molar-refractivity contribution in [2.75, 3.05) is 26.2 Å². The van der Waals surface area contributed by atoms with Gasteiger partial charge in [-0.2, -0.15) is 18.3 Å². The number of rotatable bonds is 5. The molecular formula is C20H24F3N5O3. The van der Waals surface area contributed by atoms with Gasteiger partial charge >= 0.3 is 11.9 Å². The maximum Gasteiger partial charge on any atom is 0.416 e. The number of aryl methyl sites for hydroxylation is 1. The summed E-state index contributed by atoms with van der Waals surface area (Å²) in [7, 11) is 0. The number of aromatic nitrogens is 2. The molecule has 168 valence electrons. The number of alkyl halides is 3. The van der Waals surface area contributed by atoms with Crippen LogP contribution in [0.4, 0.5) is 18.9 Å². The Morgan fingerprint density at radius 1 is 1.23 bits per heavy atom. The van der Waals surface area contributed by atoms with Crippen LogP contribution in [0.5, 0.6) is 0 Å². The van der Waals surface area contributed by atoms with Crippen molar-refractivity contribution < 1.29 is 22.9 Å². The molecule has 0 radical (unpaired) electrons. The fraction of sp³-hybridized carbons (Fsp3) is 0.500. The Morgan fingerprint density at radius 3 is 2.42 bits per heavy atom. The monoisotopic (exact) mass is 439 g/mol. The van der Waals surface area contributed by atoms with Crippen LogP contribution in [0.3, 0.4) is 0 Å². The lowest BCUT2D eigenvalue weighted by molar-refractivity contribution is -0.386. The topological polar surface area (TPSA) is 84.5 Å². The highest BCUT2D eigenvalue weighted by molar-refractivity contribution is 5.80. The maximum atomic E-state index is 12.9. The number of piperazine rings is 1. The number of nitrogens with zero attached hydrogens (tertiary/aromatic N) is 5. The van der Waals surface area contributed by atoms with E-state index >= 15 is 0 Å². The summed E-state index contributed by atoms with van der Waals surface area (Å²) in [6.45, 7) is 7.00. The molecule has 0 aliphatic carbocycles. The van der Waals surface area contributed by atoms with E-state index in [-0.39, 0.29) is 17.3 Å². The Labute approximate surface area is 177 Å². The molecule has 8 nitrogen and oxygen atoms in total. The fourth-order valence-corrected chi connectivity index (χ4v) is 3.89. The summed E-state index contributed by atoms with van der Waals surface area (Å²) < 4.78 is 40.1. The molecule has 2 aromatic rings. The predicted molar refractivity (Wildman–Crippen MR) is 106 cm³/mol. The average molecular weight is 439 g/mol. The van der Waals surface area contributed by atoms with Crippen LogP contribution in [0, 0.1) is 24.0 Å². The number of benzene rings is 1. The summed E-state index contributed by atoms with van der Waals surface area (Å²) in [6.07, 6.45) is -4.38. The van der Waals surface area contributed by atoms with E-state index in [0.717, 1.165) is 12.1 Å². The van der Waals surface area contributed by atoms with Crippen molar-refractivity contribution in [3.8, 4) is 0 Å². The second-order valence-corrected chi connectivity index (χ2v) is 7.70. The molecule has 1 aromatic heterocycles. The van der Waals surface area contributed by atoms with Gasteiger partial charge in [-0.3, -0.25) is 24.5 Å². The highest BCUT2D eigenvalue weighted by Gasteiger charge is 2.32. The minimum Gasteiger partial charge on any atom is -0.338 e. The zero-order valence-corrected chi connectivity index (χ0v) is 17.5. The van der Waals surface area contributed by atoms with E-state index in [2.05, 4.69) is 5.10 Å². The van der Waals surface area contributed by atoms with Crippen LogP contribution in [0.25, 0.3) is 0 Å². The molecule has 0 spiro atoms. The van der Waals surface area contributed by atoms with E-state index < -0.39 is 22.7 Å². The highest BCUT2D eigenvalue weighted by atomic mass is 19.4. The maximum absolute atomic E-state index is 12.9. The molecule has 1 aliphatic rings. The van der Waals surface area contributed by atoms with Crippen molar-refractivity contribution in [1.29, 1.82) is 0 Å². The van der Waals surface area contributed by atoms with E-state index in [9.17, 15) is 28.1 Å². The van der Waals surface area contributed by atoms with Gasteiger partial charge in [-0.25, -0.2) is 0 Å². The minimum absolute atomic E-state index is 0.0921. The molecule has 1 aliphatic heterocycles. The third-order valence-electron chi connectivity index (χ3n) is 5.54. The molecule has 1 aromatic carbocycles. The minimum atomic E-state index is -4.38. The first-order valence-electron chi connectivity index (χ1n) is 9.86. The molecule has 1 amide bonds. The van der Waals surface area contributed by atoms with Crippen LogP contribution in [-0.4, -0.2) is 56.6 Å². The summed E-state index contributed by atoms with van der Waals surface area (Å²) in [4.78, 5) is 27.3. The van der Waals surface area contributed by atoms with Gasteiger partial charge in [0.05, 0.1) is 10.5 Å². The zero-order valence-electron chi connectivity index (χ0n) is 17.5. The number of hydrogen-bond donors (Lipinski definition) is 0. The van der Waals surface area contributed by atoms with Crippen LogP contribution < -0.4 is 0 Å². The summed E-state index contributed by atoms with van der Waals surface area (Å²) in [6, 6.07) is 4.56. The predicted octanol–water partition coefficient (Wildman–Crippen LogP) is 3.33. The zero-order chi connectivity index (χ0) is 22.9. The molecule has 3 rings (SSSR count). The number of nitro groups is 1. The Kier molecular flexibility index (Phi) is 6.35. The van der Waals surface area contributed by atoms with E-state index in [1.807, 2.05) is 4.90 Å². The van der Waals surface area contributed by atoms with Crippen molar-refractivity contribution in [2.45, 2.75) is 39.5 Å². The average Bonchev–Trinajstić information content (AvgIpc) is 3.01. The van der Waals surface area contributed by atoms with Gasteiger partial charge in [-0.15, -0.1) is 0 Å². The van der Waals surface area contributed by atoms with Gasteiger partial charge in [0.15, 0.2) is 0 Å². The number of carbonyl (C=O) groups excluding carboxylic acids is 1. The molecular weight excluding hydrogens is 415 g/mol. The van der Waals surface area contributed by atoms with E-state index in [1.54, 1.807) is 24.8 Å². The Balaban J connectivity index is 1.61. The molecule has 31 heavy (non-hydrogen) atoms. The number of amides is 1. The first kappa shape index (κ1) is 22.7. The molecule has 1 fully saturated rings. The Bertz CT molecular complexity index is 981. The van der Waals surface area contributed by atoms with Gasteiger partial charge in [-0.1, -0.05) is 18.2 Å². The number of carbonyl (C=O) groups is 1. The third-order valence-corrected chi connectivity index (χ3v) is 5.54. The Morgan fingerprint density at radius 2 is 1.87 bits per heavy atom. The largest absolute Gasteiger partial charge is 0.416 e.